The number of ether oxygens (including phenoxy) is 3. The van der Waals surface area contributed by atoms with E-state index in [1.807, 2.05) is 6.92 Å². The number of imide groups is 1. The van der Waals surface area contributed by atoms with Crippen LogP contribution in [-0.2, 0) is 15.7 Å². The lowest BCUT2D eigenvalue weighted by atomic mass is 10.1. The van der Waals surface area contributed by atoms with Gasteiger partial charge < -0.3 is 24.8 Å². The third-order valence-electron chi connectivity index (χ3n) is 3.95. The van der Waals surface area contributed by atoms with Crippen LogP contribution in [0, 0.1) is 0 Å². The summed E-state index contributed by atoms with van der Waals surface area (Å²) in [6, 6.07) is 8.62. The van der Waals surface area contributed by atoms with Crippen molar-refractivity contribution in [1.29, 1.82) is 0 Å². The number of hydrogen-bond acceptors (Lipinski definition) is 6. The van der Waals surface area contributed by atoms with E-state index in [1.165, 1.54) is 7.11 Å². The number of halogens is 3. The molecule has 0 saturated carbocycles. The molecule has 0 aliphatic carbocycles. The standard InChI is InChI=1S/C21H24F3N3O5/c1-3-31-15-5-7-16(8-6-15)32-18-9-4-14(21(22,23)24)12-17(18)26-13-19(28)27-20(29)25-10-11-30-2/h4-9,12,26H,3,10-11,13H2,1-2H3,(H2,25,27,28,29). The van der Waals surface area contributed by atoms with E-state index in [1.54, 1.807) is 24.3 Å². The monoisotopic (exact) mass is 455 g/mol. The van der Waals surface area contributed by atoms with E-state index in [9.17, 15) is 22.8 Å². The number of methoxy groups -OCH3 is 1. The summed E-state index contributed by atoms with van der Waals surface area (Å²) in [5.74, 6) is 0.299. The van der Waals surface area contributed by atoms with Crippen LogP contribution < -0.4 is 25.4 Å². The second kappa shape index (κ2) is 11.8. The number of benzene rings is 2. The van der Waals surface area contributed by atoms with Crippen molar-refractivity contribution >= 4 is 17.6 Å². The Morgan fingerprint density at radius 3 is 2.34 bits per heavy atom. The van der Waals surface area contributed by atoms with Crippen LogP contribution in [0.1, 0.15) is 12.5 Å². The van der Waals surface area contributed by atoms with Gasteiger partial charge in [0.05, 0.1) is 31.0 Å². The molecule has 2 rings (SSSR count). The second-order valence-electron chi connectivity index (χ2n) is 6.37. The lowest BCUT2D eigenvalue weighted by Crippen LogP contribution is -2.43. The number of nitrogens with one attached hydrogen (secondary N) is 3. The lowest BCUT2D eigenvalue weighted by molar-refractivity contribution is -0.137. The molecule has 0 unspecified atom stereocenters. The first-order valence-corrected chi connectivity index (χ1v) is 9.65. The Balaban J connectivity index is 2.10. The SMILES string of the molecule is CCOc1ccc(Oc2ccc(C(F)(F)F)cc2NCC(=O)NC(=O)NCCOC)cc1. The number of urea groups is 1. The van der Waals surface area contributed by atoms with Gasteiger partial charge in [-0.1, -0.05) is 0 Å². The van der Waals surface area contributed by atoms with E-state index in [0.717, 1.165) is 18.2 Å². The largest absolute Gasteiger partial charge is 0.494 e. The minimum absolute atomic E-state index is 0.0661. The van der Waals surface area contributed by atoms with Crippen molar-refractivity contribution in [2.24, 2.45) is 0 Å². The number of carbonyl (C=O) groups excluding carboxylic acids is 2. The van der Waals surface area contributed by atoms with E-state index in [0.29, 0.717) is 18.1 Å². The fraction of sp³-hybridized carbons (Fsp3) is 0.333. The van der Waals surface area contributed by atoms with Crippen molar-refractivity contribution in [3.05, 3.63) is 48.0 Å². The summed E-state index contributed by atoms with van der Waals surface area (Å²) in [7, 11) is 1.46. The van der Waals surface area contributed by atoms with Crippen molar-refractivity contribution in [3.63, 3.8) is 0 Å². The zero-order chi connectivity index (χ0) is 23.6. The summed E-state index contributed by atoms with van der Waals surface area (Å²) >= 11 is 0. The summed E-state index contributed by atoms with van der Waals surface area (Å²) in [6.07, 6.45) is -4.59. The summed E-state index contributed by atoms with van der Waals surface area (Å²) in [5, 5.41) is 7.03. The van der Waals surface area contributed by atoms with Crippen LogP contribution in [-0.4, -0.2) is 45.4 Å². The van der Waals surface area contributed by atoms with Gasteiger partial charge in [0.1, 0.15) is 11.5 Å². The van der Waals surface area contributed by atoms with Gasteiger partial charge in [-0.3, -0.25) is 10.1 Å². The average Bonchev–Trinajstić information content (AvgIpc) is 2.74. The summed E-state index contributed by atoms with van der Waals surface area (Å²) in [5.41, 5.74) is -0.986. The molecule has 11 heteroatoms. The van der Waals surface area contributed by atoms with Gasteiger partial charge in [-0.25, -0.2) is 4.79 Å². The minimum Gasteiger partial charge on any atom is -0.494 e. The molecule has 0 bridgehead atoms. The van der Waals surface area contributed by atoms with Crippen LogP contribution in [0.15, 0.2) is 42.5 Å². The highest BCUT2D eigenvalue weighted by molar-refractivity contribution is 5.96. The summed E-state index contributed by atoms with van der Waals surface area (Å²) in [6.45, 7) is 2.31. The number of hydrogen-bond donors (Lipinski definition) is 3. The Labute approximate surface area is 183 Å². The Kier molecular flexibility index (Phi) is 9.14. The second-order valence-corrected chi connectivity index (χ2v) is 6.37. The van der Waals surface area contributed by atoms with Crippen molar-refractivity contribution in [2.75, 3.05) is 38.7 Å². The maximum absolute atomic E-state index is 13.1. The Morgan fingerprint density at radius 1 is 1.03 bits per heavy atom. The Bertz CT molecular complexity index is 905. The highest BCUT2D eigenvalue weighted by Gasteiger charge is 2.31. The molecule has 3 N–H and O–H groups in total. The molecule has 32 heavy (non-hydrogen) atoms. The maximum Gasteiger partial charge on any atom is 0.416 e. The molecule has 174 valence electrons. The molecular weight excluding hydrogens is 431 g/mol. The first-order chi connectivity index (χ1) is 15.2. The lowest BCUT2D eigenvalue weighted by Gasteiger charge is -2.16. The molecule has 0 radical (unpaired) electrons. The number of anilines is 1. The summed E-state index contributed by atoms with van der Waals surface area (Å²) in [4.78, 5) is 23.6. The van der Waals surface area contributed by atoms with Gasteiger partial charge in [-0.05, 0) is 49.4 Å². The smallest absolute Gasteiger partial charge is 0.416 e. The van der Waals surface area contributed by atoms with Gasteiger partial charge in [-0.2, -0.15) is 13.2 Å². The molecule has 0 heterocycles. The molecule has 2 aromatic carbocycles. The maximum atomic E-state index is 13.1. The molecular formula is C21H24F3N3O5. The van der Waals surface area contributed by atoms with Crippen LogP contribution in [0.5, 0.6) is 17.2 Å². The van der Waals surface area contributed by atoms with Crippen LogP contribution in [0.25, 0.3) is 0 Å². The van der Waals surface area contributed by atoms with Gasteiger partial charge in [0.2, 0.25) is 5.91 Å². The Hall–Kier alpha value is -3.47. The van der Waals surface area contributed by atoms with Crippen molar-refractivity contribution in [2.45, 2.75) is 13.1 Å². The molecule has 8 nitrogen and oxygen atoms in total. The van der Waals surface area contributed by atoms with Crippen molar-refractivity contribution in [3.8, 4) is 17.2 Å². The van der Waals surface area contributed by atoms with Gasteiger partial charge in [0.15, 0.2) is 5.75 Å². The molecule has 0 atom stereocenters. The molecule has 3 amide bonds. The van der Waals surface area contributed by atoms with E-state index < -0.39 is 30.2 Å². The number of carbonyl (C=O) groups is 2. The predicted octanol–water partition coefficient (Wildman–Crippen LogP) is 3.78. The third-order valence-corrected chi connectivity index (χ3v) is 3.95. The van der Waals surface area contributed by atoms with Gasteiger partial charge in [-0.15, -0.1) is 0 Å². The zero-order valence-electron chi connectivity index (χ0n) is 17.5. The third kappa shape index (κ3) is 7.99. The molecule has 0 aromatic heterocycles. The normalized spacial score (nSPS) is 10.9. The van der Waals surface area contributed by atoms with Crippen LogP contribution >= 0.6 is 0 Å². The first kappa shape index (κ1) is 24.8. The Morgan fingerprint density at radius 2 is 1.72 bits per heavy atom. The first-order valence-electron chi connectivity index (χ1n) is 9.65. The predicted molar refractivity (Wildman–Crippen MR) is 111 cm³/mol. The quantitative estimate of drug-likeness (QED) is 0.472. The summed E-state index contributed by atoms with van der Waals surface area (Å²) < 4.78 is 55.2. The van der Waals surface area contributed by atoms with Crippen LogP contribution in [0.4, 0.5) is 23.7 Å². The molecule has 0 saturated heterocycles. The average molecular weight is 455 g/mol. The van der Waals surface area contributed by atoms with Crippen LogP contribution in [0.2, 0.25) is 0 Å². The van der Waals surface area contributed by atoms with Gasteiger partial charge in [0, 0.05) is 13.7 Å². The molecule has 0 fully saturated rings. The van der Waals surface area contributed by atoms with E-state index in [-0.39, 0.29) is 24.6 Å². The van der Waals surface area contributed by atoms with Gasteiger partial charge >= 0.3 is 12.2 Å². The van der Waals surface area contributed by atoms with E-state index >= 15 is 0 Å². The van der Waals surface area contributed by atoms with Crippen LogP contribution in [0.3, 0.4) is 0 Å². The molecule has 0 spiro atoms. The van der Waals surface area contributed by atoms with E-state index in [4.69, 9.17) is 14.2 Å². The fourth-order valence-electron chi connectivity index (χ4n) is 2.49. The van der Waals surface area contributed by atoms with Crippen molar-refractivity contribution < 1.29 is 37.0 Å². The number of rotatable bonds is 10. The highest BCUT2D eigenvalue weighted by Crippen LogP contribution is 2.37. The van der Waals surface area contributed by atoms with Gasteiger partial charge in [0.25, 0.3) is 0 Å². The minimum atomic E-state index is -4.59. The molecule has 2 aromatic rings. The number of amides is 3. The number of alkyl halides is 3. The topological polar surface area (TPSA) is 97.9 Å². The molecule has 0 aliphatic heterocycles. The zero-order valence-corrected chi connectivity index (χ0v) is 17.5. The highest BCUT2D eigenvalue weighted by atomic mass is 19.4. The fourth-order valence-corrected chi connectivity index (χ4v) is 2.49. The van der Waals surface area contributed by atoms with E-state index in [2.05, 4.69) is 16.0 Å². The molecule has 0 aliphatic rings. The van der Waals surface area contributed by atoms with Crippen molar-refractivity contribution in [1.82, 2.24) is 10.6 Å².